The molecule has 1 heterocycles. The second-order valence-electron chi connectivity index (χ2n) is 6.19. The molecule has 1 amide bonds. The van der Waals surface area contributed by atoms with Crippen molar-refractivity contribution in [3.8, 4) is 0 Å². The average molecular weight is 377 g/mol. The Morgan fingerprint density at radius 1 is 1.30 bits per heavy atom. The number of nitrogens with two attached hydrogens (primary N) is 1. The SMILES string of the molecule is NC1(C(=O)Nc2ccc(CCn3cc(Br)cn3)cc2)CCCC1. The standard InChI is InChI=1S/C17H21BrN4O/c18-14-11-20-22(12-14)10-7-13-3-5-15(6-4-13)21-16(23)17(19)8-1-2-9-17/h3-6,11-12H,1-2,7-10,19H2,(H,21,23). The van der Waals surface area contributed by atoms with Crippen LogP contribution < -0.4 is 11.1 Å². The molecular weight excluding hydrogens is 356 g/mol. The second-order valence-corrected chi connectivity index (χ2v) is 7.10. The fraction of sp³-hybridized carbons (Fsp3) is 0.412. The summed E-state index contributed by atoms with van der Waals surface area (Å²) in [6, 6.07) is 7.94. The summed E-state index contributed by atoms with van der Waals surface area (Å²) in [4.78, 5) is 12.3. The van der Waals surface area contributed by atoms with Crippen LogP contribution in [0.5, 0.6) is 0 Å². The van der Waals surface area contributed by atoms with Crippen molar-refractivity contribution < 1.29 is 4.79 Å². The molecule has 0 atom stereocenters. The highest BCUT2D eigenvalue weighted by atomic mass is 79.9. The number of carbonyl (C=O) groups excluding carboxylic acids is 1. The largest absolute Gasteiger partial charge is 0.324 e. The maximum Gasteiger partial charge on any atom is 0.244 e. The molecule has 2 aromatic rings. The molecule has 1 fully saturated rings. The van der Waals surface area contributed by atoms with E-state index in [2.05, 4.69) is 26.3 Å². The van der Waals surface area contributed by atoms with E-state index in [0.29, 0.717) is 0 Å². The number of carbonyl (C=O) groups is 1. The number of aromatic nitrogens is 2. The summed E-state index contributed by atoms with van der Waals surface area (Å²) >= 11 is 3.39. The lowest BCUT2D eigenvalue weighted by Gasteiger charge is -2.22. The van der Waals surface area contributed by atoms with Gasteiger partial charge in [-0.25, -0.2) is 0 Å². The number of hydrogen-bond acceptors (Lipinski definition) is 3. The number of nitrogens with one attached hydrogen (secondary N) is 1. The predicted molar refractivity (Wildman–Crippen MR) is 94.1 cm³/mol. The lowest BCUT2D eigenvalue weighted by atomic mass is 9.98. The van der Waals surface area contributed by atoms with Crippen molar-refractivity contribution in [1.29, 1.82) is 0 Å². The number of aryl methyl sites for hydroxylation is 2. The third kappa shape index (κ3) is 4.00. The first-order chi connectivity index (χ1) is 11.0. The van der Waals surface area contributed by atoms with Crippen molar-refractivity contribution in [1.82, 2.24) is 9.78 Å². The van der Waals surface area contributed by atoms with Gasteiger partial charge in [-0.05, 0) is 52.9 Å². The van der Waals surface area contributed by atoms with Crippen molar-refractivity contribution in [2.45, 2.75) is 44.2 Å². The van der Waals surface area contributed by atoms with Gasteiger partial charge in [-0.3, -0.25) is 9.48 Å². The maximum absolute atomic E-state index is 12.3. The second kappa shape index (κ2) is 6.84. The van der Waals surface area contributed by atoms with Gasteiger partial charge in [0, 0.05) is 18.4 Å². The predicted octanol–water partition coefficient (Wildman–Crippen LogP) is 3.10. The van der Waals surface area contributed by atoms with Gasteiger partial charge in [-0.15, -0.1) is 0 Å². The molecule has 122 valence electrons. The van der Waals surface area contributed by atoms with Crippen LogP contribution in [0.1, 0.15) is 31.2 Å². The molecule has 23 heavy (non-hydrogen) atoms. The van der Waals surface area contributed by atoms with Gasteiger partial charge in [0.25, 0.3) is 0 Å². The third-order valence-corrected chi connectivity index (χ3v) is 4.80. The molecule has 6 heteroatoms. The molecule has 3 rings (SSSR count). The summed E-state index contributed by atoms with van der Waals surface area (Å²) < 4.78 is 2.89. The van der Waals surface area contributed by atoms with Crippen LogP contribution in [0.25, 0.3) is 0 Å². The summed E-state index contributed by atoms with van der Waals surface area (Å²) in [6.07, 6.45) is 8.25. The van der Waals surface area contributed by atoms with E-state index in [1.165, 1.54) is 5.56 Å². The summed E-state index contributed by atoms with van der Waals surface area (Å²) in [5.41, 5.74) is 7.49. The fourth-order valence-corrected chi connectivity index (χ4v) is 3.28. The Labute approximate surface area is 144 Å². The van der Waals surface area contributed by atoms with Crippen LogP contribution in [-0.4, -0.2) is 21.2 Å². The molecule has 0 unspecified atom stereocenters. The Morgan fingerprint density at radius 2 is 2.00 bits per heavy atom. The van der Waals surface area contributed by atoms with E-state index in [9.17, 15) is 4.79 Å². The molecule has 0 bridgehead atoms. The van der Waals surface area contributed by atoms with Crippen LogP contribution >= 0.6 is 15.9 Å². The molecule has 1 aromatic heterocycles. The number of benzene rings is 1. The molecule has 1 aliphatic rings. The van der Waals surface area contributed by atoms with Crippen LogP contribution in [0.3, 0.4) is 0 Å². The maximum atomic E-state index is 12.3. The first-order valence-electron chi connectivity index (χ1n) is 7.92. The topological polar surface area (TPSA) is 72.9 Å². The minimum absolute atomic E-state index is 0.0656. The molecular formula is C17H21BrN4O. The van der Waals surface area contributed by atoms with Crippen molar-refractivity contribution >= 4 is 27.5 Å². The zero-order chi connectivity index (χ0) is 16.3. The molecule has 0 aliphatic heterocycles. The van der Waals surface area contributed by atoms with Crippen molar-refractivity contribution in [2.75, 3.05) is 5.32 Å². The average Bonchev–Trinajstić information content (AvgIpc) is 3.16. The van der Waals surface area contributed by atoms with E-state index < -0.39 is 5.54 Å². The van der Waals surface area contributed by atoms with Gasteiger partial charge in [0.05, 0.1) is 16.2 Å². The summed E-state index contributed by atoms with van der Waals surface area (Å²) in [5.74, 6) is -0.0656. The van der Waals surface area contributed by atoms with Gasteiger partial charge >= 0.3 is 0 Å². The molecule has 0 radical (unpaired) electrons. The molecule has 1 saturated carbocycles. The van der Waals surface area contributed by atoms with E-state index >= 15 is 0 Å². The van der Waals surface area contributed by atoms with Gasteiger partial charge in [0.2, 0.25) is 5.91 Å². The zero-order valence-corrected chi connectivity index (χ0v) is 14.6. The Morgan fingerprint density at radius 3 is 2.61 bits per heavy atom. The van der Waals surface area contributed by atoms with Crippen LogP contribution in [0, 0.1) is 0 Å². The molecule has 1 aliphatic carbocycles. The summed E-state index contributed by atoms with van der Waals surface area (Å²) in [7, 11) is 0. The monoisotopic (exact) mass is 376 g/mol. The van der Waals surface area contributed by atoms with Crippen molar-refractivity contribution in [3.63, 3.8) is 0 Å². The van der Waals surface area contributed by atoms with E-state index in [0.717, 1.165) is 48.8 Å². The highest BCUT2D eigenvalue weighted by Gasteiger charge is 2.36. The van der Waals surface area contributed by atoms with Gasteiger partial charge < -0.3 is 11.1 Å². The Bertz CT molecular complexity index is 674. The minimum atomic E-state index is -0.688. The van der Waals surface area contributed by atoms with Gasteiger partial charge in [-0.2, -0.15) is 5.10 Å². The smallest absolute Gasteiger partial charge is 0.244 e. The van der Waals surface area contributed by atoms with E-state index in [1.807, 2.05) is 35.1 Å². The lowest BCUT2D eigenvalue weighted by molar-refractivity contribution is -0.121. The number of rotatable bonds is 5. The number of amides is 1. The number of hydrogen-bond donors (Lipinski definition) is 2. The first-order valence-corrected chi connectivity index (χ1v) is 8.72. The zero-order valence-electron chi connectivity index (χ0n) is 13.0. The van der Waals surface area contributed by atoms with Crippen LogP contribution in [0.2, 0.25) is 0 Å². The molecule has 3 N–H and O–H groups in total. The summed E-state index contributed by atoms with van der Waals surface area (Å²) in [6.45, 7) is 0.823. The van der Waals surface area contributed by atoms with E-state index in [-0.39, 0.29) is 5.91 Å². The van der Waals surface area contributed by atoms with Crippen LogP contribution in [-0.2, 0) is 17.8 Å². The lowest BCUT2D eigenvalue weighted by Crippen LogP contribution is -2.48. The third-order valence-electron chi connectivity index (χ3n) is 4.39. The molecule has 0 saturated heterocycles. The van der Waals surface area contributed by atoms with Crippen molar-refractivity contribution in [2.24, 2.45) is 5.73 Å². The highest BCUT2D eigenvalue weighted by molar-refractivity contribution is 9.10. The Balaban J connectivity index is 1.55. The Hall–Kier alpha value is -1.66. The van der Waals surface area contributed by atoms with Crippen LogP contribution in [0.4, 0.5) is 5.69 Å². The van der Waals surface area contributed by atoms with Crippen molar-refractivity contribution in [3.05, 3.63) is 46.7 Å². The molecule has 1 aromatic carbocycles. The van der Waals surface area contributed by atoms with E-state index in [4.69, 9.17) is 5.73 Å². The van der Waals surface area contributed by atoms with Gasteiger partial charge in [0.15, 0.2) is 0 Å². The fourth-order valence-electron chi connectivity index (χ4n) is 2.95. The minimum Gasteiger partial charge on any atom is -0.324 e. The number of nitrogens with zero attached hydrogens (tertiary/aromatic N) is 2. The first kappa shape index (κ1) is 16.2. The quantitative estimate of drug-likeness (QED) is 0.841. The molecule has 0 spiro atoms. The van der Waals surface area contributed by atoms with Gasteiger partial charge in [0.1, 0.15) is 0 Å². The molecule has 5 nitrogen and oxygen atoms in total. The normalized spacial score (nSPS) is 16.4. The highest BCUT2D eigenvalue weighted by Crippen LogP contribution is 2.28. The summed E-state index contributed by atoms with van der Waals surface area (Å²) in [5, 5.41) is 7.18. The number of halogens is 1. The van der Waals surface area contributed by atoms with Gasteiger partial charge in [-0.1, -0.05) is 25.0 Å². The van der Waals surface area contributed by atoms with E-state index in [1.54, 1.807) is 6.20 Å². The number of anilines is 1. The van der Waals surface area contributed by atoms with Crippen LogP contribution in [0.15, 0.2) is 41.1 Å². The Kier molecular flexibility index (Phi) is 4.82.